The molecule has 3 rings (SSSR count). The molecule has 0 radical (unpaired) electrons. The molecule has 2 nitrogen and oxygen atoms in total. The van der Waals surface area contributed by atoms with Crippen LogP contribution in [0.4, 0.5) is 0 Å². The number of esters is 1. The second-order valence-electron chi connectivity index (χ2n) is 4.00. The standard InChI is InChI=1S/C15H9ClO2.C2H6/c16-11-7-5-10(6-8-11)9-14-12-3-1-2-4-13(12)15(17)18-14;1-2/h1-9H;1-2H3/b14-9-;. The molecule has 0 spiro atoms. The molecule has 3 heteroatoms. The molecule has 1 heterocycles. The highest BCUT2D eigenvalue weighted by molar-refractivity contribution is 6.30. The minimum absolute atomic E-state index is 0.300. The van der Waals surface area contributed by atoms with Crippen molar-refractivity contribution < 1.29 is 9.53 Å². The number of cyclic esters (lactones) is 1. The predicted octanol–water partition coefficient (Wildman–Crippen LogP) is 5.03. The summed E-state index contributed by atoms with van der Waals surface area (Å²) in [7, 11) is 0. The van der Waals surface area contributed by atoms with E-state index in [1.807, 2.05) is 50.3 Å². The maximum absolute atomic E-state index is 11.6. The molecule has 0 saturated carbocycles. The van der Waals surface area contributed by atoms with Crippen LogP contribution in [0.15, 0.2) is 48.5 Å². The van der Waals surface area contributed by atoms with Crippen LogP contribution in [0.2, 0.25) is 5.02 Å². The molecule has 2 aromatic carbocycles. The van der Waals surface area contributed by atoms with Crippen LogP contribution in [-0.4, -0.2) is 5.97 Å². The topological polar surface area (TPSA) is 26.3 Å². The van der Waals surface area contributed by atoms with Crippen LogP contribution in [0.25, 0.3) is 11.8 Å². The SMILES string of the molecule is CC.O=C1O/C(=C\c2ccc(Cl)cc2)c2ccccc21. The number of hydrogen-bond acceptors (Lipinski definition) is 2. The smallest absolute Gasteiger partial charge is 0.344 e. The quantitative estimate of drug-likeness (QED) is 0.687. The number of benzene rings is 2. The van der Waals surface area contributed by atoms with Gasteiger partial charge in [0.1, 0.15) is 5.76 Å². The minimum Gasteiger partial charge on any atom is -0.422 e. The maximum Gasteiger partial charge on any atom is 0.344 e. The largest absolute Gasteiger partial charge is 0.422 e. The van der Waals surface area contributed by atoms with Crippen LogP contribution in [0.1, 0.15) is 35.3 Å². The molecule has 0 saturated heterocycles. The summed E-state index contributed by atoms with van der Waals surface area (Å²) in [5.74, 6) is 0.281. The Labute approximate surface area is 123 Å². The number of hydrogen-bond donors (Lipinski definition) is 0. The number of rotatable bonds is 1. The maximum atomic E-state index is 11.6. The lowest BCUT2D eigenvalue weighted by Gasteiger charge is -1.99. The van der Waals surface area contributed by atoms with E-state index in [-0.39, 0.29) is 5.97 Å². The van der Waals surface area contributed by atoms with Crippen LogP contribution >= 0.6 is 11.6 Å². The van der Waals surface area contributed by atoms with E-state index in [2.05, 4.69) is 0 Å². The molecule has 0 unspecified atom stereocenters. The first-order valence-corrected chi connectivity index (χ1v) is 6.91. The zero-order valence-electron chi connectivity index (χ0n) is 11.4. The summed E-state index contributed by atoms with van der Waals surface area (Å²) in [6, 6.07) is 14.7. The van der Waals surface area contributed by atoms with Gasteiger partial charge in [0.25, 0.3) is 0 Å². The number of ether oxygens (including phenoxy) is 1. The number of halogens is 1. The van der Waals surface area contributed by atoms with Crippen LogP contribution in [-0.2, 0) is 4.74 Å². The molecule has 0 N–H and O–H groups in total. The van der Waals surface area contributed by atoms with Gasteiger partial charge >= 0.3 is 5.97 Å². The summed E-state index contributed by atoms with van der Waals surface area (Å²) in [5, 5.41) is 0.681. The summed E-state index contributed by atoms with van der Waals surface area (Å²) >= 11 is 5.83. The van der Waals surface area contributed by atoms with Crippen LogP contribution < -0.4 is 0 Å². The Morgan fingerprint density at radius 1 is 0.950 bits per heavy atom. The van der Waals surface area contributed by atoms with Gasteiger partial charge in [-0.2, -0.15) is 0 Å². The summed E-state index contributed by atoms with van der Waals surface area (Å²) in [5.41, 5.74) is 2.38. The lowest BCUT2D eigenvalue weighted by Crippen LogP contribution is -1.92. The summed E-state index contributed by atoms with van der Waals surface area (Å²) in [6.07, 6.45) is 1.83. The Kier molecular flexibility index (Phi) is 4.59. The molecular formula is C17H15ClO2. The van der Waals surface area contributed by atoms with Gasteiger partial charge in [-0.1, -0.05) is 55.8 Å². The molecule has 102 valence electrons. The second kappa shape index (κ2) is 6.40. The Bertz CT molecular complexity index is 642. The number of fused-ring (bicyclic) bond motifs is 1. The molecule has 0 fully saturated rings. The van der Waals surface area contributed by atoms with E-state index in [1.165, 1.54) is 0 Å². The van der Waals surface area contributed by atoms with Gasteiger partial charge in [-0.25, -0.2) is 4.79 Å². The van der Waals surface area contributed by atoms with Crippen molar-refractivity contribution >= 4 is 29.4 Å². The summed E-state index contributed by atoms with van der Waals surface area (Å²) in [6.45, 7) is 4.00. The fraction of sp³-hybridized carbons (Fsp3) is 0.118. The fourth-order valence-corrected chi connectivity index (χ4v) is 2.03. The first-order valence-electron chi connectivity index (χ1n) is 6.53. The average molecular weight is 287 g/mol. The summed E-state index contributed by atoms with van der Waals surface area (Å²) < 4.78 is 5.26. The lowest BCUT2D eigenvalue weighted by molar-refractivity contribution is 0.0717. The van der Waals surface area contributed by atoms with E-state index in [0.29, 0.717) is 16.3 Å². The van der Waals surface area contributed by atoms with E-state index in [4.69, 9.17) is 16.3 Å². The minimum atomic E-state index is -0.300. The first-order chi connectivity index (χ1) is 9.74. The molecule has 0 atom stereocenters. The van der Waals surface area contributed by atoms with E-state index < -0.39 is 0 Å². The van der Waals surface area contributed by atoms with Crippen molar-refractivity contribution in [3.63, 3.8) is 0 Å². The normalized spacial score (nSPS) is 14.3. The van der Waals surface area contributed by atoms with Crippen molar-refractivity contribution in [3.8, 4) is 0 Å². The van der Waals surface area contributed by atoms with Gasteiger partial charge in [-0.15, -0.1) is 0 Å². The van der Waals surface area contributed by atoms with Gasteiger partial charge in [0.05, 0.1) is 5.56 Å². The third-order valence-corrected chi connectivity index (χ3v) is 3.03. The van der Waals surface area contributed by atoms with Gasteiger partial charge in [-0.3, -0.25) is 0 Å². The second-order valence-corrected chi connectivity index (χ2v) is 4.43. The third kappa shape index (κ3) is 2.91. The first kappa shape index (κ1) is 14.4. The molecule has 1 aliphatic rings. The Balaban J connectivity index is 0.000000704. The molecule has 1 aliphatic heterocycles. The van der Waals surface area contributed by atoms with Gasteiger partial charge in [0, 0.05) is 10.6 Å². The monoisotopic (exact) mass is 286 g/mol. The predicted molar refractivity (Wildman–Crippen MR) is 82.5 cm³/mol. The zero-order valence-corrected chi connectivity index (χ0v) is 12.1. The van der Waals surface area contributed by atoms with Crippen molar-refractivity contribution in [1.29, 1.82) is 0 Å². The molecule has 0 aliphatic carbocycles. The average Bonchev–Trinajstić information content (AvgIpc) is 2.81. The van der Waals surface area contributed by atoms with Crippen LogP contribution in [0.3, 0.4) is 0 Å². The Morgan fingerprint density at radius 3 is 2.20 bits per heavy atom. The zero-order chi connectivity index (χ0) is 14.5. The van der Waals surface area contributed by atoms with Crippen LogP contribution in [0, 0.1) is 0 Å². The Morgan fingerprint density at radius 2 is 1.55 bits per heavy atom. The molecule has 0 amide bonds. The van der Waals surface area contributed by atoms with Crippen LogP contribution in [0.5, 0.6) is 0 Å². The van der Waals surface area contributed by atoms with E-state index in [9.17, 15) is 4.79 Å². The molecule has 0 aromatic heterocycles. The number of carbonyl (C=O) groups is 1. The third-order valence-electron chi connectivity index (χ3n) is 2.78. The van der Waals surface area contributed by atoms with E-state index >= 15 is 0 Å². The highest BCUT2D eigenvalue weighted by atomic mass is 35.5. The van der Waals surface area contributed by atoms with E-state index in [1.54, 1.807) is 18.2 Å². The van der Waals surface area contributed by atoms with E-state index in [0.717, 1.165) is 11.1 Å². The number of carbonyl (C=O) groups excluding carboxylic acids is 1. The van der Waals surface area contributed by atoms with Gasteiger partial charge in [0.15, 0.2) is 0 Å². The molecule has 2 aromatic rings. The van der Waals surface area contributed by atoms with Crippen molar-refractivity contribution in [1.82, 2.24) is 0 Å². The van der Waals surface area contributed by atoms with Crippen molar-refractivity contribution in [2.75, 3.05) is 0 Å². The van der Waals surface area contributed by atoms with Gasteiger partial charge in [0.2, 0.25) is 0 Å². The van der Waals surface area contributed by atoms with Crippen molar-refractivity contribution in [2.45, 2.75) is 13.8 Å². The molecule has 0 bridgehead atoms. The highest BCUT2D eigenvalue weighted by Crippen LogP contribution is 2.31. The lowest BCUT2D eigenvalue weighted by atomic mass is 10.1. The molecule has 20 heavy (non-hydrogen) atoms. The Hall–Kier alpha value is -2.06. The summed E-state index contributed by atoms with van der Waals surface area (Å²) in [4.78, 5) is 11.6. The highest BCUT2D eigenvalue weighted by Gasteiger charge is 2.25. The van der Waals surface area contributed by atoms with Crippen molar-refractivity contribution in [2.24, 2.45) is 0 Å². The van der Waals surface area contributed by atoms with Gasteiger partial charge in [-0.05, 0) is 29.8 Å². The fourth-order valence-electron chi connectivity index (χ4n) is 1.90. The van der Waals surface area contributed by atoms with Crippen molar-refractivity contribution in [3.05, 3.63) is 70.2 Å². The molecular weight excluding hydrogens is 272 g/mol. The van der Waals surface area contributed by atoms with Gasteiger partial charge < -0.3 is 4.74 Å².